The van der Waals surface area contributed by atoms with Crippen molar-refractivity contribution >= 4 is 23.5 Å². The number of benzene rings is 1. The third-order valence-electron chi connectivity index (χ3n) is 3.23. The van der Waals surface area contributed by atoms with Crippen LogP contribution in [0.2, 0.25) is 5.02 Å². The first-order chi connectivity index (χ1) is 10.3. The van der Waals surface area contributed by atoms with Crippen LogP contribution in [0.3, 0.4) is 0 Å². The maximum absolute atomic E-state index is 12.2. The van der Waals surface area contributed by atoms with Gasteiger partial charge in [0.15, 0.2) is 6.10 Å². The molecule has 1 aromatic rings. The predicted molar refractivity (Wildman–Crippen MR) is 85.1 cm³/mol. The second kappa shape index (κ2) is 8.03. The molecule has 22 heavy (non-hydrogen) atoms. The predicted octanol–water partition coefficient (Wildman–Crippen LogP) is 2.73. The maximum Gasteiger partial charge on any atom is 0.328 e. The SMILES string of the molecule is COC(=O)[C@H](NC(=O)[C@@H](C)Oc1ccc(Cl)cc1C)C(C)C. The molecule has 0 aliphatic rings. The minimum absolute atomic E-state index is 0.0825. The fourth-order valence-electron chi connectivity index (χ4n) is 1.88. The van der Waals surface area contributed by atoms with Crippen molar-refractivity contribution in [1.82, 2.24) is 5.32 Å². The average Bonchev–Trinajstić information content (AvgIpc) is 2.46. The Kier molecular flexibility index (Phi) is 6.68. The second-order valence-corrected chi connectivity index (χ2v) is 5.86. The lowest BCUT2D eigenvalue weighted by molar-refractivity contribution is -0.147. The lowest BCUT2D eigenvalue weighted by atomic mass is 10.0. The summed E-state index contributed by atoms with van der Waals surface area (Å²) in [5.41, 5.74) is 0.834. The topological polar surface area (TPSA) is 64.6 Å². The third kappa shape index (κ3) is 4.91. The zero-order valence-electron chi connectivity index (χ0n) is 13.5. The van der Waals surface area contributed by atoms with Gasteiger partial charge in [0.25, 0.3) is 5.91 Å². The molecule has 1 amide bonds. The van der Waals surface area contributed by atoms with Gasteiger partial charge in [-0.15, -0.1) is 0 Å². The molecular formula is C16H22ClNO4. The zero-order valence-corrected chi connectivity index (χ0v) is 14.2. The number of aryl methyl sites for hydroxylation is 1. The number of carbonyl (C=O) groups is 2. The number of carbonyl (C=O) groups excluding carboxylic acids is 2. The van der Waals surface area contributed by atoms with Crippen LogP contribution in [0.5, 0.6) is 5.75 Å². The van der Waals surface area contributed by atoms with Crippen LogP contribution in [0.25, 0.3) is 0 Å². The molecule has 0 radical (unpaired) electrons. The number of hydrogen-bond acceptors (Lipinski definition) is 4. The molecule has 5 nitrogen and oxygen atoms in total. The van der Waals surface area contributed by atoms with Gasteiger partial charge in [0.05, 0.1) is 7.11 Å². The molecule has 0 aliphatic carbocycles. The first kappa shape index (κ1) is 18.3. The summed E-state index contributed by atoms with van der Waals surface area (Å²) in [5.74, 6) is -0.358. The monoisotopic (exact) mass is 327 g/mol. The molecule has 0 bridgehead atoms. The molecule has 0 unspecified atom stereocenters. The molecule has 0 spiro atoms. The minimum atomic E-state index is -0.745. The van der Waals surface area contributed by atoms with Gasteiger partial charge in [-0.1, -0.05) is 25.4 Å². The van der Waals surface area contributed by atoms with Crippen LogP contribution in [0.1, 0.15) is 26.3 Å². The highest BCUT2D eigenvalue weighted by Crippen LogP contribution is 2.22. The molecule has 1 aromatic carbocycles. The van der Waals surface area contributed by atoms with E-state index >= 15 is 0 Å². The molecule has 6 heteroatoms. The number of amides is 1. The third-order valence-corrected chi connectivity index (χ3v) is 3.46. The summed E-state index contributed by atoms with van der Waals surface area (Å²) in [7, 11) is 1.29. The highest BCUT2D eigenvalue weighted by Gasteiger charge is 2.27. The average molecular weight is 328 g/mol. The number of methoxy groups -OCH3 is 1. The van der Waals surface area contributed by atoms with Gasteiger partial charge in [0.2, 0.25) is 0 Å². The maximum atomic E-state index is 12.2. The van der Waals surface area contributed by atoms with E-state index in [1.165, 1.54) is 7.11 Å². The van der Waals surface area contributed by atoms with Gasteiger partial charge in [-0.2, -0.15) is 0 Å². The minimum Gasteiger partial charge on any atom is -0.481 e. The van der Waals surface area contributed by atoms with Crippen LogP contribution in [-0.4, -0.2) is 31.1 Å². The molecule has 122 valence electrons. The van der Waals surface area contributed by atoms with E-state index in [2.05, 4.69) is 5.32 Å². The highest BCUT2D eigenvalue weighted by molar-refractivity contribution is 6.30. The van der Waals surface area contributed by atoms with Crippen molar-refractivity contribution in [3.8, 4) is 5.75 Å². The van der Waals surface area contributed by atoms with Gasteiger partial charge in [-0.3, -0.25) is 4.79 Å². The zero-order chi connectivity index (χ0) is 16.9. The molecule has 0 saturated carbocycles. The van der Waals surface area contributed by atoms with Crippen LogP contribution in [0.4, 0.5) is 0 Å². The smallest absolute Gasteiger partial charge is 0.328 e. The van der Waals surface area contributed by atoms with Crippen LogP contribution in [0.15, 0.2) is 18.2 Å². The van der Waals surface area contributed by atoms with Gasteiger partial charge in [-0.25, -0.2) is 4.79 Å². The number of nitrogens with one attached hydrogen (secondary N) is 1. The first-order valence-corrected chi connectivity index (χ1v) is 7.45. The van der Waals surface area contributed by atoms with Gasteiger partial charge in [0.1, 0.15) is 11.8 Å². The number of esters is 1. The Balaban J connectivity index is 2.73. The normalized spacial score (nSPS) is 13.4. The van der Waals surface area contributed by atoms with Crippen molar-refractivity contribution in [2.24, 2.45) is 5.92 Å². The van der Waals surface area contributed by atoms with E-state index in [0.717, 1.165) is 5.56 Å². The van der Waals surface area contributed by atoms with Gasteiger partial charge >= 0.3 is 5.97 Å². The summed E-state index contributed by atoms with van der Waals surface area (Å²) in [6.45, 7) is 7.13. The molecule has 2 atom stereocenters. The molecular weight excluding hydrogens is 306 g/mol. The molecule has 1 rings (SSSR count). The van der Waals surface area contributed by atoms with Crippen LogP contribution in [-0.2, 0) is 14.3 Å². The fraction of sp³-hybridized carbons (Fsp3) is 0.500. The number of rotatable bonds is 6. The van der Waals surface area contributed by atoms with Crippen LogP contribution in [0, 0.1) is 12.8 Å². The molecule has 0 saturated heterocycles. The van der Waals surface area contributed by atoms with E-state index in [9.17, 15) is 9.59 Å². The summed E-state index contributed by atoms with van der Waals surface area (Å²) in [4.78, 5) is 23.9. The lowest BCUT2D eigenvalue weighted by Crippen LogP contribution is -2.49. The van der Waals surface area contributed by atoms with Crippen molar-refractivity contribution in [2.75, 3.05) is 7.11 Å². The Morgan fingerprint density at radius 3 is 2.36 bits per heavy atom. The van der Waals surface area contributed by atoms with Crippen molar-refractivity contribution in [1.29, 1.82) is 0 Å². The van der Waals surface area contributed by atoms with Crippen molar-refractivity contribution in [3.63, 3.8) is 0 Å². The summed E-state index contributed by atoms with van der Waals surface area (Å²) in [5, 5.41) is 3.26. The van der Waals surface area contributed by atoms with E-state index in [4.69, 9.17) is 21.1 Å². The molecule has 0 aliphatic heterocycles. The van der Waals surface area contributed by atoms with Crippen molar-refractivity contribution in [3.05, 3.63) is 28.8 Å². The summed E-state index contributed by atoms with van der Waals surface area (Å²) in [6, 6.07) is 4.46. The van der Waals surface area contributed by atoms with Crippen molar-refractivity contribution < 1.29 is 19.1 Å². The Labute approximate surface area is 135 Å². The highest BCUT2D eigenvalue weighted by atomic mass is 35.5. The summed E-state index contributed by atoms with van der Waals surface area (Å²) < 4.78 is 10.3. The molecule has 0 heterocycles. The molecule has 0 aromatic heterocycles. The standard InChI is InChI=1S/C16H22ClNO4/c1-9(2)14(16(20)21-5)18-15(19)11(4)22-13-7-6-12(17)8-10(13)3/h6-9,11,14H,1-5H3,(H,18,19)/t11-,14-/m1/s1. The summed E-state index contributed by atoms with van der Waals surface area (Å²) >= 11 is 5.88. The fourth-order valence-corrected chi connectivity index (χ4v) is 2.11. The number of ether oxygens (including phenoxy) is 2. The van der Waals surface area contributed by atoms with Crippen LogP contribution >= 0.6 is 11.6 Å². The van der Waals surface area contributed by atoms with Gasteiger partial charge < -0.3 is 14.8 Å². The van der Waals surface area contributed by atoms with Crippen LogP contribution < -0.4 is 10.1 Å². The van der Waals surface area contributed by atoms with E-state index in [-0.39, 0.29) is 11.8 Å². The summed E-state index contributed by atoms with van der Waals surface area (Å²) in [6.07, 6.45) is -0.745. The van der Waals surface area contributed by atoms with Gasteiger partial charge in [0, 0.05) is 5.02 Å². The van der Waals surface area contributed by atoms with Crippen molar-refractivity contribution in [2.45, 2.75) is 39.8 Å². The van der Waals surface area contributed by atoms with Gasteiger partial charge in [-0.05, 0) is 43.5 Å². The number of hydrogen-bond donors (Lipinski definition) is 1. The largest absolute Gasteiger partial charge is 0.481 e. The molecule has 0 fully saturated rings. The van der Waals surface area contributed by atoms with E-state index in [1.807, 2.05) is 20.8 Å². The number of halogens is 1. The Hall–Kier alpha value is -1.75. The Morgan fingerprint density at radius 1 is 1.23 bits per heavy atom. The second-order valence-electron chi connectivity index (χ2n) is 5.42. The van der Waals surface area contributed by atoms with E-state index < -0.39 is 18.1 Å². The lowest BCUT2D eigenvalue weighted by Gasteiger charge is -2.22. The Bertz CT molecular complexity index is 545. The quantitative estimate of drug-likeness (QED) is 0.816. The molecule has 1 N–H and O–H groups in total. The van der Waals surface area contributed by atoms with E-state index in [1.54, 1.807) is 25.1 Å². The van der Waals surface area contributed by atoms with E-state index in [0.29, 0.717) is 10.8 Å². The first-order valence-electron chi connectivity index (χ1n) is 7.07. The Morgan fingerprint density at radius 2 is 1.86 bits per heavy atom.